The lowest BCUT2D eigenvalue weighted by Crippen LogP contribution is -2.40. The smallest absolute Gasteiger partial charge is 0.433 e. The number of carboxylic acid groups (broad SMARTS) is 1. The third-order valence-corrected chi connectivity index (χ3v) is 2.77. The molecule has 1 rings (SSSR count). The van der Waals surface area contributed by atoms with Crippen molar-refractivity contribution in [2.75, 3.05) is 0 Å². The Kier molecular flexibility index (Phi) is 5.69. The van der Waals surface area contributed by atoms with E-state index in [-0.39, 0.29) is 12.0 Å². The van der Waals surface area contributed by atoms with Crippen molar-refractivity contribution in [3.8, 4) is 0 Å². The number of unbranched alkanes of at least 4 members (excludes halogenated alkanes) is 1. The minimum atomic E-state index is -4.58. The number of carboxylic acids is 1. The van der Waals surface area contributed by atoms with Gasteiger partial charge in [-0.05, 0) is 18.6 Å². The van der Waals surface area contributed by atoms with E-state index in [1.165, 1.54) is 0 Å². The van der Waals surface area contributed by atoms with Crippen LogP contribution < -0.4 is 5.32 Å². The van der Waals surface area contributed by atoms with Crippen LogP contribution in [0, 0.1) is 0 Å². The Hall–Kier alpha value is -2.12. The van der Waals surface area contributed by atoms with Gasteiger partial charge in [0.25, 0.3) is 5.91 Å². The van der Waals surface area contributed by atoms with E-state index in [1.54, 1.807) is 0 Å². The van der Waals surface area contributed by atoms with Crippen LogP contribution >= 0.6 is 0 Å². The van der Waals surface area contributed by atoms with Gasteiger partial charge in [0, 0.05) is 6.20 Å². The molecule has 0 aromatic carbocycles. The van der Waals surface area contributed by atoms with Crippen LogP contribution in [0.5, 0.6) is 0 Å². The number of hydrogen-bond acceptors (Lipinski definition) is 3. The number of nitrogens with zero attached hydrogens (tertiary/aromatic N) is 1. The average molecular weight is 304 g/mol. The molecule has 0 saturated heterocycles. The van der Waals surface area contributed by atoms with Gasteiger partial charge in [-0.1, -0.05) is 19.8 Å². The Labute approximate surface area is 119 Å². The van der Waals surface area contributed by atoms with Crippen molar-refractivity contribution in [3.05, 3.63) is 29.6 Å². The van der Waals surface area contributed by atoms with Crippen molar-refractivity contribution < 1.29 is 27.9 Å². The van der Waals surface area contributed by atoms with Crippen molar-refractivity contribution in [3.63, 3.8) is 0 Å². The minimum Gasteiger partial charge on any atom is -0.480 e. The summed E-state index contributed by atoms with van der Waals surface area (Å²) >= 11 is 0. The molecule has 0 unspecified atom stereocenters. The molecule has 1 heterocycles. The number of nitrogens with one attached hydrogen (secondary N) is 1. The number of halogens is 3. The van der Waals surface area contributed by atoms with Crippen molar-refractivity contribution in [2.45, 2.75) is 38.4 Å². The van der Waals surface area contributed by atoms with Crippen LogP contribution in [0.15, 0.2) is 18.3 Å². The number of aromatic nitrogens is 1. The van der Waals surface area contributed by atoms with E-state index in [0.29, 0.717) is 12.5 Å². The van der Waals surface area contributed by atoms with E-state index < -0.39 is 29.8 Å². The first-order valence-corrected chi connectivity index (χ1v) is 6.32. The lowest BCUT2D eigenvalue weighted by atomic mass is 10.1. The zero-order chi connectivity index (χ0) is 16.0. The van der Waals surface area contributed by atoms with Crippen LogP contribution in [0.1, 0.15) is 42.2 Å². The fourth-order valence-corrected chi connectivity index (χ4v) is 1.60. The van der Waals surface area contributed by atoms with Gasteiger partial charge in [0.2, 0.25) is 0 Å². The maximum Gasteiger partial charge on any atom is 0.433 e. The summed E-state index contributed by atoms with van der Waals surface area (Å²) in [5.41, 5.74) is -1.23. The van der Waals surface area contributed by atoms with Crippen molar-refractivity contribution in [1.29, 1.82) is 0 Å². The van der Waals surface area contributed by atoms with Gasteiger partial charge in [0.1, 0.15) is 11.7 Å². The topological polar surface area (TPSA) is 79.3 Å². The minimum absolute atomic E-state index is 0.120. The summed E-state index contributed by atoms with van der Waals surface area (Å²) < 4.78 is 37.0. The summed E-state index contributed by atoms with van der Waals surface area (Å²) in [6.45, 7) is 1.88. The summed E-state index contributed by atoms with van der Waals surface area (Å²) in [4.78, 5) is 25.9. The van der Waals surface area contributed by atoms with Crippen LogP contribution in [0.2, 0.25) is 0 Å². The maximum atomic E-state index is 12.3. The first kappa shape index (κ1) is 16.9. The van der Waals surface area contributed by atoms with Crippen molar-refractivity contribution in [1.82, 2.24) is 10.3 Å². The van der Waals surface area contributed by atoms with Crippen LogP contribution in [0.4, 0.5) is 13.2 Å². The molecule has 2 N–H and O–H groups in total. The number of carbonyl (C=O) groups is 2. The van der Waals surface area contributed by atoms with Crippen molar-refractivity contribution in [2.24, 2.45) is 0 Å². The van der Waals surface area contributed by atoms with Gasteiger partial charge in [0.15, 0.2) is 0 Å². The second-order valence-electron chi connectivity index (χ2n) is 4.44. The molecular weight excluding hydrogens is 289 g/mol. The molecule has 1 aromatic rings. The molecule has 0 aliphatic heterocycles. The van der Waals surface area contributed by atoms with Gasteiger partial charge >= 0.3 is 12.1 Å². The molecule has 116 valence electrons. The van der Waals surface area contributed by atoms with Crippen LogP contribution in [0.25, 0.3) is 0 Å². The molecule has 1 amide bonds. The predicted molar refractivity (Wildman–Crippen MR) is 67.7 cm³/mol. The summed E-state index contributed by atoms with van der Waals surface area (Å²) in [5, 5.41) is 11.2. The van der Waals surface area contributed by atoms with Gasteiger partial charge in [-0.15, -0.1) is 0 Å². The van der Waals surface area contributed by atoms with Gasteiger partial charge in [-0.3, -0.25) is 9.78 Å². The number of aliphatic carboxylic acids is 1. The van der Waals surface area contributed by atoms with Gasteiger partial charge in [-0.25, -0.2) is 4.79 Å². The lowest BCUT2D eigenvalue weighted by Gasteiger charge is -2.14. The second-order valence-corrected chi connectivity index (χ2v) is 4.44. The number of hydrogen-bond donors (Lipinski definition) is 2. The highest BCUT2D eigenvalue weighted by molar-refractivity contribution is 5.96. The van der Waals surface area contributed by atoms with Crippen LogP contribution in [0.3, 0.4) is 0 Å². The molecule has 1 atom stereocenters. The molecule has 0 aliphatic rings. The number of carbonyl (C=O) groups excluding carboxylic acids is 1. The molecule has 0 bridgehead atoms. The molecule has 0 spiro atoms. The molecule has 21 heavy (non-hydrogen) atoms. The van der Waals surface area contributed by atoms with Crippen LogP contribution in [-0.4, -0.2) is 28.0 Å². The van der Waals surface area contributed by atoms with E-state index in [4.69, 9.17) is 5.11 Å². The summed E-state index contributed by atoms with van der Waals surface area (Å²) in [6.07, 6.45) is -2.17. The van der Waals surface area contributed by atoms with Crippen molar-refractivity contribution >= 4 is 11.9 Å². The van der Waals surface area contributed by atoms with Gasteiger partial charge < -0.3 is 10.4 Å². The molecular formula is C13H15F3N2O3. The molecule has 5 nitrogen and oxygen atoms in total. The molecule has 0 aliphatic carbocycles. The third-order valence-electron chi connectivity index (χ3n) is 2.77. The third kappa shape index (κ3) is 5.05. The largest absolute Gasteiger partial charge is 0.480 e. The second kappa shape index (κ2) is 7.05. The summed E-state index contributed by atoms with van der Waals surface area (Å²) in [6, 6.07) is 0.570. The molecule has 0 saturated carbocycles. The Morgan fingerprint density at radius 2 is 2.05 bits per heavy atom. The molecule has 8 heteroatoms. The quantitative estimate of drug-likeness (QED) is 0.846. The zero-order valence-corrected chi connectivity index (χ0v) is 11.3. The van der Waals surface area contributed by atoms with E-state index in [2.05, 4.69) is 10.3 Å². The first-order valence-electron chi connectivity index (χ1n) is 6.32. The van der Waals surface area contributed by atoms with Gasteiger partial charge in [-0.2, -0.15) is 13.2 Å². The average Bonchev–Trinajstić information content (AvgIpc) is 2.42. The highest BCUT2D eigenvalue weighted by Crippen LogP contribution is 2.27. The highest BCUT2D eigenvalue weighted by Gasteiger charge is 2.32. The van der Waals surface area contributed by atoms with E-state index in [0.717, 1.165) is 18.7 Å². The summed E-state index contributed by atoms with van der Waals surface area (Å²) in [7, 11) is 0. The van der Waals surface area contributed by atoms with E-state index in [9.17, 15) is 22.8 Å². The molecule has 0 fully saturated rings. The van der Waals surface area contributed by atoms with Gasteiger partial charge in [0.05, 0.1) is 5.56 Å². The first-order chi connectivity index (χ1) is 9.75. The normalized spacial score (nSPS) is 12.8. The predicted octanol–water partition coefficient (Wildman–Crippen LogP) is 2.47. The standard InChI is InChI=1S/C13H15F3N2O3/c1-2-3-4-9(12(20)21)18-11(19)8-5-6-10(17-7-8)13(14,15)16/h5-7,9H,2-4H2,1H3,(H,18,19)(H,20,21)/t9-/m0/s1. The van der Waals surface area contributed by atoms with Crippen LogP contribution in [-0.2, 0) is 11.0 Å². The maximum absolute atomic E-state index is 12.3. The Morgan fingerprint density at radius 3 is 2.48 bits per heavy atom. The Bertz CT molecular complexity index is 500. The summed E-state index contributed by atoms with van der Waals surface area (Å²) in [5.74, 6) is -1.95. The number of pyridine rings is 1. The molecule has 1 aromatic heterocycles. The monoisotopic (exact) mass is 304 g/mol. The Morgan fingerprint density at radius 1 is 1.38 bits per heavy atom. The fourth-order valence-electron chi connectivity index (χ4n) is 1.60. The number of alkyl halides is 3. The fraction of sp³-hybridized carbons (Fsp3) is 0.462. The highest BCUT2D eigenvalue weighted by atomic mass is 19.4. The van der Waals surface area contributed by atoms with E-state index in [1.807, 2.05) is 6.92 Å². The van der Waals surface area contributed by atoms with E-state index >= 15 is 0 Å². The Balaban J connectivity index is 2.76. The number of rotatable bonds is 6. The zero-order valence-electron chi connectivity index (χ0n) is 11.3. The molecule has 0 radical (unpaired) electrons. The number of amides is 1. The SMILES string of the molecule is CCCC[C@H](NC(=O)c1ccc(C(F)(F)F)nc1)C(=O)O. The lowest BCUT2D eigenvalue weighted by molar-refractivity contribution is -0.141.